The van der Waals surface area contributed by atoms with Crippen molar-refractivity contribution in [3.63, 3.8) is 0 Å². The molecule has 17 heavy (non-hydrogen) atoms. The number of aliphatic hydroxyl groups is 1. The number of aliphatic hydroxyl groups excluding tert-OH is 1. The van der Waals surface area contributed by atoms with Crippen LogP contribution in [0.4, 0.5) is 0 Å². The van der Waals surface area contributed by atoms with Gasteiger partial charge in [0.25, 0.3) is 0 Å². The number of rotatable bonds is 8. The molecule has 0 heterocycles. The molecule has 0 fully saturated rings. The van der Waals surface area contributed by atoms with Crippen molar-refractivity contribution in [1.82, 2.24) is 4.90 Å². The molecule has 0 amide bonds. The second-order valence-electron chi connectivity index (χ2n) is 4.32. The van der Waals surface area contributed by atoms with E-state index in [2.05, 4.69) is 30.9 Å². The fourth-order valence-corrected chi connectivity index (χ4v) is 1.95. The van der Waals surface area contributed by atoms with Gasteiger partial charge in [0.15, 0.2) is 0 Å². The average molecular weight is 239 g/mol. The lowest BCUT2D eigenvalue weighted by Gasteiger charge is -2.20. The van der Waals surface area contributed by atoms with Gasteiger partial charge in [0.2, 0.25) is 0 Å². The van der Waals surface area contributed by atoms with E-state index in [1.54, 1.807) is 0 Å². The van der Waals surface area contributed by atoms with Crippen LogP contribution in [0.3, 0.4) is 0 Å². The Balaban J connectivity index is 2.23. The Hall–Kier alpha value is -0.800. The van der Waals surface area contributed by atoms with Crippen molar-refractivity contribution in [3.05, 3.63) is 23.5 Å². The monoisotopic (exact) mass is 239 g/mol. The molecule has 0 unspecified atom stereocenters. The smallest absolute Gasteiger partial charge is 0.100 e. The Morgan fingerprint density at radius 2 is 2.06 bits per heavy atom. The summed E-state index contributed by atoms with van der Waals surface area (Å²) >= 11 is 0. The predicted octanol–water partition coefficient (Wildman–Crippen LogP) is 2.33. The molecule has 0 atom stereocenters. The van der Waals surface area contributed by atoms with Crippen LogP contribution in [0.5, 0.6) is 0 Å². The first kappa shape index (κ1) is 14.3. The molecule has 1 rings (SSSR count). The van der Waals surface area contributed by atoms with Gasteiger partial charge in [-0.05, 0) is 25.5 Å². The van der Waals surface area contributed by atoms with Crippen molar-refractivity contribution in [3.8, 4) is 0 Å². The number of ether oxygens (including phenoxy) is 1. The topological polar surface area (TPSA) is 32.7 Å². The third-order valence-electron chi connectivity index (χ3n) is 3.21. The molecule has 0 bridgehead atoms. The van der Waals surface area contributed by atoms with Crippen LogP contribution in [-0.4, -0.2) is 42.9 Å². The summed E-state index contributed by atoms with van der Waals surface area (Å²) in [7, 11) is 0. The van der Waals surface area contributed by atoms with E-state index < -0.39 is 0 Å². The molecule has 3 nitrogen and oxygen atoms in total. The van der Waals surface area contributed by atoms with Gasteiger partial charge in [-0.3, -0.25) is 4.90 Å². The zero-order valence-electron chi connectivity index (χ0n) is 11.1. The van der Waals surface area contributed by atoms with Crippen molar-refractivity contribution in [2.45, 2.75) is 33.1 Å². The largest absolute Gasteiger partial charge is 0.497 e. The van der Waals surface area contributed by atoms with Gasteiger partial charge < -0.3 is 9.84 Å². The maximum atomic E-state index is 8.87. The summed E-state index contributed by atoms with van der Waals surface area (Å²) in [6.45, 7) is 7.82. The fourth-order valence-electron chi connectivity index (χ4n) is 1.95. The van der Waals surface area contributed by atoms with E-state index in [4.69, 9.17) is 9.84 Å². The molecule has 1 N–H and O–H groups in total. The Kier molecular flexibility index (Phi) is 6.97. The Bertz CT molecular complexity index is 271. The van der Waals surface area contributed by atoms with E-state index in [0.29, 0.717) is 0 Å². The van der Waals surface area contributed by atoms with Gasteiger partial charge >= 0.3 is 0 Å². The molecule has 98 valence electrons. The minimum atomic E-state index is 0.221. The number of allylic oxidation sites excluding steroid dienone is 4. The van der Waals surface area contributed by atoms with Crippen LogP contribution in [0, 0.1) is 0 Å². The third kappa shape index (κ3) is 5.37. The summed E-state index contributed by atoms with van der Waals surface area (Å²) < 4.78 is 5.75. The first-order valence-electron chi connectivity index (χ1n) is 6.64. The summed E-state index contributed by atoms with van der Waals surface area (Å²) in [5.41, 5.74) is 1.51. The standard InChI is InChI=1S/C14H25NO2/c1-3-13-5-7-14(8-6-13)17-12-10-15(4-2)9-11-16/h5,7,16H,3-4,6,8-12H2,1-2H3. The zero-order valence-corrected chi connectivity index (χ0v) is 11.1. The SMILES string of the molecule is CCC1=CC=C(OCCN(CC)CCO)CC1. The molecule has 0 saturated carbocycles. The normalized spacial score (nSPS) is 15.8. The second kappa shape index (κ2) is 8.31. The highest BCUT2D eigenvalue weighted by atomic mass is 16.5. The van der Waals surface area contributed by atoms with Gasteiger partial charge in [-0.25, -0.2) is 0 Å². The number of hydrogen-bond donors (Lipinski definition) is 1. The van der Waals surface area contributed by atoms with Crippen LogP contribution >= 0.6 is 0 Å². The molecular formula is C14H25NO2. The van der Waals surface area contributed by atoms with E-state index in [-0.39, 0.29) is 6.61 Å². The van der Waals surface area contributed by atoms with Crippen molar-refractivity contribution in [2.75, 3.05) is 32.8 Å². The van der Waals surface area contributed by atoms with Crippen LogP contribution in [-0.2, 0) is 4.74 Å². The van der Waals surface area contributed by atoms with Crippen LogP contribution in [0.25, 0.3) is 0 Å². The highest BCUT2D eigenvalue weighted by Gasteiger charge is 2.07. The Morgan fingerprint density at radius 1 is 1.24 bits per heavy atom. The molecule has 0 aliphatic heterocycles. The quantitative estimate of drug-likeness (QED) is 0.705. The molecule has 0 aromatic carbocycles. The maximum absolute atomic E-state index is 8.87. The first-order valence-corrected chi connectivity index (χ1v) is 6.64. The second-order valence-corrected chi connectivity index (χ2v) is 4.32. The minimum absolute atomic E-state index is 0.221. The Morgan fingerprint density at radius 3 is 2.59 bits per heavy atom. The van der Waals surface area contributed by atoms with Gasteiger partial charge in [0.1, 0.15) is 6.61 Å². The Labute approximate surface area is 105 Å². The van der Waals surface area contributed by atoms with Gasteiger partial charge in [0.05, 0.1) is 12.4 Å². The summed E-state index contributed by atoms with van der Waals surface area (Å²) in [5.74, 6) is 1.10. The minimum Gasteiger partial charge on any atom is -0.497 e. The van der Waals surface area contributed by atoms with Crippen molar-refractivity contribution >= 4 is 0 Å². The number of likely N-dealkylation sites (N-methyl/N-ethyl adjacent to an activating group) is 1. The summed E-state index contributed by atoms with van der Waals surface area (Å²) in [4.78, 5) is 2.19. The lowest BCUT2D eigenvalue weighted by molar-refractivity contribution is 0.137. The van der Waals surface area contributed by atoms with Crippen molar-refractivity contribution in [1.29, 1.82) is 0 Å². The molecule has 0 aromatic heterocycles. The highest BCUT2D eigenvalue weighted by Crippen LogP contribution is 2.20. The highest BCUT2D eigenvalue weighted by molar-refractivity contribution is 5.20. The molecule has 3 heteroatoms. The van der Waals surface area contributed by atoms with E-state index in [1.807, 2.05) is 0 Å². The maximum Gasteiger partial charge on any atom is 0.100 e. The molecule has 0 radical (unpaired) electrons. The lowest BCUT2D eigenvalue weighted by Crippen LogP contribution is -2.30. The lowest BCUT2D eigenvalue weighted by atomic mass is 10.0. The van der Waals surface area contributed by atoms with Gasteiger partial charge in [0, 0.05) is 19.5 Å². The first-order chi connectivity index (χ1) is 8.30. The van der Waals surface area contributed by atoms with Gasteiger partial charge in [-0.1, -0.05) is 25.5 Å². The molecule has 0 spiro atoms. The van der Waals surface area contributed by atoms with E-state index in [1.165, 1.54) is 5.57 Å². The summed E-state index contributed by atoms with van der Waals surface area (Å²) in [6, 6.07) is 0. The fraction of sp³-hybridized carbons (Fsp3) is 0.714. The van der Waals surface area contributed by atoms with Crippen LogP contribution in [0.15, 0.2) is 23.5 Å². The van der Waals surface area contributed by atoms with Crippen molar-refractivity contribution < 1.29 is 9.84 Å². The molecular weight excluding hydrogens is 214 g/mol. The average Bonchev–Trinajstić information content (AvgIpc) is 2.38. The van der Waals surface area contributed by atoms with Crippen LogP contribution < -0.4 is 0 Å². The van der Waals surface area contributed by atoms with Crippen LogP contribution in [0.1, 0.15) is 33.1 Å². The van der Waals surface area contributed by atoms with Crippen molar-refractivity contribution in [2.24, 2.45) is 0 Å². The van der Waals surface area contributed by atoms with E-state index >= 15 is 0 Å². The van der Waals surface area contributed by atoms with Gasteiger partial charge in [-0.15, -0.1) is 0 Å². The molecule has 1 aliphatic rings. The predicted molar refractivity (Wildman–Crippen MR) is 70.8 cm³/mol. The zero-order chi connectivity index (χ0) is 12.5. The molecule has 0 saturated heterocycles. The molecule has 1 aliphatic carbocycles. The number of hydrogen-bond acceptors (Lipinski definition) is 3. The summed E-state index contributed by atoms with van der Waals surface area (Å²) in [6.07, 6.45) is 7.60. The van der Waals surface area contributed by atoms with Gasteiger partial charge in [-0.2, -0.15) is 0 Å². The summed E-state index contributed by atoms with van der Waals surface area (Å²) in [5, 5.41) is 8.87. The molecule has 0 aromatic rings. The van der Waals surface area contributed by atoms with Crippen LogP contribution in [0.2, 0.25) is 0 Å². The number of nitrogens with zero attached hydrogens (tertiary/aromatic N) is 1. The van der Waals surface area contributed by atoms with E-state index in [9.17, 15) is 0 Å². The third-order valence-corrected chi connectivity index (χ3v) is 3.21. The van der Waals surface area contributed by atoms with E-state index in [0.717, 1.165) is 51.3 Å².